The molecule has 200 valence electrons. The molecule has 0 saturated heterocycles. The van der Waals surface area contributed by atoms with Gasteiger partial charge in [0.05, 0.1) is 23.9 Å². The number of nitrogens with one attached hydrogen (secondary N) is 1. The van der Waals surface area contributed by atoms with Gasteiger partial charge in [-0.15, -0.1) is 0 Å². The molecule has 0 fully saturated rings. The predicted molar refractivity (Wildman–Crippen MR) is 119 cm³/mol. The maximum Gasteiger partial charge on any atom is 0.430 e. The summed E-state index contributed by atoms with van der Waals surface area (Å²) in [6.07, 6.45) is 6.00. The number of allylic oxidation sites excluding steroid dienone is 1. The van der Waals surface area contributed by atoms with Crippen LogP contribution in [0.1, 0.15) is 86.6 Å². The number of ether oxygens (including phenoxy) is 1. The number of carboxylic acid groups (broad SMARTS) is 2. The number of aryl methyl sites for hydroxylation is 1. The summed E-state index contributed by atoms with van der Waals surface area (Å²) >= 11 is 0. The zero-order chi connectivity index (χ0) is 26.7. The quantitative estimate of drug-likeness (QED) is 0.388. The van der Waals surface area contributed by atoms with Gasteiger partial charge in [0.1, 0.15) is 17.2 Å². The zero-order valence-electron chi connectivity index (χ0n) is 20.3. The van der Waals surface area contributed by atoms with Crippen molar-refractivity contribution in [2.75, 3.05) is 5.32 Å². The molecule has 36 heavy (non-hydrogen) atoms. The van der Waals surface area contributed by atoms with Gasteiger partial charge in [0.15, 0.2) is 5.72 Å². The number of hydrogen-bond donors (Lipinski definition) is 3. The molecule has 0 saturated carbocycles. The maximum absolute atomic E-state index is 12.1. The Morgan fingerprint density at radius 3 is 2.69 bits per heavy atom. The first-order valence-electron chi connectivity index (χ1n) is 12.2. The van der Waals surface area contributed by atoms with Gasteiger partial charge in [0.25, 0.3) is 0 Å². The standard InChI is InChI=1S/C22H31N3O4.C2HF3O2/c1-3-16-8-4-5-12-22(29-16)13-15-10-11-18-19(20(27)28)17(9-6-7-14(2)26)23-21(24-22)25(15)18;3-2(4,5)1(6)7/h4,8,14-16,26H,3,5-7,9-13H2,1-2H3,(H,27,28);(H,6,7)/t14-,15+,16+,22+;/m1./s1. The second kappa shape index (κ2) is 11.1. The molecular weight excluding hydrogens is 483 g/mol. The van der Waals surface area contributed by atoms with E-state index < -0.39 is 29.9 Å². The fourth-order valence-electron chi connectivity index (χ4n) is 5.05. The Labute approximate surface area is 207 Å². The van der Waals surface area contributed by atoms with Gasteiger partial charge < -0.3 is 24.9 Å². The monoisotopic (exact) mass is 515 g/mol. The Morgan fingerprint density at radius 1 is 1.42 bits per heavy atom. The smallest absolute Gasteiger partial charge is 0.430 e. The summed E-state index contributed by atoms with van der Waals surface area (Å²) in [4.78, 5) is 25.7. The van der Waals surface area contributed by atoms with Crippen LogP contribution in [0, 0.1) is 0 Å². The van der Waals surface area contributed by atoms with Crippen LogP contribution in [0.25, 0.3) is 0 Å². The first-order chi connectivity index (χ1) is 16.9. The van der Waals surface area contributed by atoms with Crippen LogP contribution < -0.4 is 15.0 Å². The second-order valence-electron chi connectivity index (χ2n) is 9.45. The predicted octanol–water partition coefficient (Wildman–Crippen LogP) is 2.21. The summed E-state index contributed by atoms with van der Waals surface area (Å²) in [5, 5.41) is 31.8. The van der Waals surface area contributed by atoms with Crippen molar-refractivity contribution < 1.29 is 47.4 Å². The highest BCUT2D eigenvalue weighted by molar-refractivity contribution is 5.90. The highest BCUT2D eigenvalue weighted by Crippen LogP contribution is 2.40. The Hall–Kier alpha value is -2.73. The number of carbonyl (C=O) groups excluding carboxylic acids is 1. The SMILES string of the molecule is CC[C@H]1C=CCC[C@@]2(C[C@@H]3CCc4c(C(=O)O)c(CCC[C@@H](C)O)nc([n+]43)N2)O1.O=C([O-])C(F)(F)F. The molecule has 0 aliphatic carbocycles. The van der Waals surface area contributed by atoms with Crippen LogP contribution in [0.5, 0.6) is 0 Å². The largest absolute Gasteiger partial charge is 0.542 e. The summed E-state index contributed by atoms with van der Waals surface area (Å²) < 4.78 is 40.2. The molecule has 4 heterocycles. The van der Waals surface area contributed by atoms with Crippen LogP contribution in [0.15, 0.2) is 12.2 Å². The molecule has 4 atom stereocenters. The van der Waals surface area contributed by atoms with E-state index in [0.29, 0.717) is 30.5 Å². The highest BCUT2D eigenvalue weighted by Gasteiger charge is 2.50. The lowest BCUT2D eigenvalue weighted by Crippen LogP contribution is -2.58. The number of alkyl halides is 3. The van der Waals surface area contributed by atoms with E-state index in [1.54, 1.807) is 6.92 Å². The number of aliphatic hydroxyl groups excluding tert-OH is 1. The maximum atomic E-state index is 12.1. The van der Waals surface area contributed by atoms with Gasteiger partial charge in [-0.3, -0.25) is 0 Å². The van der Waals surface area contributed by atoms with Crippen molar-refractivity contribution >= 4 is 17.9 Å². The topological polar surface area (TPSA) is 136 Å². The third-order valence-corrected chi connectivity index (χ3v) is 6.65. The van der Waals surface area contributed by atoms with Gasteiger partial charge in [-0.25, -0.2) is 14.7 Å². The summed E-state index contributed by atoms with van der Waals surface area (Å²) in [5.74, 6) is -3.17. The van der Waals surface area contributed by atoms with E-state index in [2.05, 4.69) is 29.0 Å². The molecule has 4 rings (SSSR count). The lowest BCUT2D eigenvalue weighted by molar-refractivity contribution is -0.713. The van der Waals surface area contributed by atoms with Gasteiger partial charge in [-0.1, -0.05) is 24.1 Å². The van der Waals surface area contributed by atoms with E-state index in [4.69, 9.17) is 19.6 Å². The number of anilines is 1. The van der Waals surface area contributed by atoms with E-state index in [1.807, 2.05) is 0 Å². The number of aliphatic hydroxyl groups is 1. The number of carboxylic acids is 2. The molecule has 3 N–H and O–H groups in total. The molecule has 3 aliphatic rings. The highest BCUT2D eigenvalue weighted by atomic mass is 19.4. The zero-order valence-corrected chi connectivity index (χ0v) is 20.3. The minimum atomic E-state index is -5.19. The molecule has 1 aromatic heterocycles. The molecule has 12 heteroatoms. The average Bonchev–Trinajstić information content (AvgIpc) is 3.08. The Morgan fingerprint density at radius 2 is 2.11 bits per heavy atom. The number of carbonyl (C=O) groups is 2. The normalized spacial score (nSPS) is 25.3. The van der Waals surface area contributed by atoms with Crippen molar-refractivity contribution in [3.05, 3.63) is 29.1 Å². The van der Waals surface area contributed by atoms with Crippen LogP contribution in [-0.2, 0) is 22.4 Å². The number of aromatic nitrogens is 2. The number of nitrogens with zero attached hydrogens (tertiary/aromatic N) is 2. The molecule has 0 bridgehead atoms. The number of aromatic carboxylic acids is 1. The van der Waals surface area contributed by atoms with E-state index in [-0.39, 0.29) is 12.1 Å². The molecule has 0 unspecified atom stereocenters. The summed E-state index contributed by atoms with van der Waals surface area (Å²) in [6, 6.07) is 0.217. The number of aliphatic carboxylic acids is 1. The molecule has 0 radical (unpaired) electrons. The van der Waals surface area contributed by atoms with Crippen LogP contribution in [0.2, 0.25) is 0 Å². The van der Waals surface area contributed by atoms with Gasteiger partial charge in [0, 0.05) is 25.7 Å². The van der Waals surface area contributed by atoms with Crippen molar-refractivity contribution in [1.82, 2.24) is 4.98 Å². The Bertz CT molecular complexity index is 1010. The molecular formula is C24H32F3N3O6. The average molecular weight is 516 g/mol. The van der Waals surface area contributed by atoms with Crippen molar-refractivity contribution in [3.63, 3.8) is 0 Å². The van der Waals surface area contributed by atoms with Crippen molar-refractivity contribution in [2.24, 2.45) is 0 Å². The summed E-state index contributed by atoms with van der Waals surface area (Å²) in [5.41, 5.74) is 1.39. The van der Waals surface area contributed by atoms with E-state index in [9.17, 15) is 28.2 Å². The minimum absolute atomic E-state index is 0.0845. The molecule has 9 nitrogen and oxygen atoms in total. The van der Waals surface area contributed by atoms with Crippen LogP contribution >= 0.6 is 0 Å². The molecule has 0 amide bonds. The lowest BCUT2D eigenvalue weighted by atomic mass is 9.95. The number of rotatable bonds is 6. The number of hydrogen-bond acceptors (Lipinski definition) is 7. The van der Waals surface area contributed by atoms with Crippen molar-refractivity contribution in [1.29, 1.82) is 0 Å². The van der Waals surface area contributed by atoms with Gasteiger partial charge in [0.2, 0.25) is 0 Å². The molecule has 0 aromatic carbocycles. The van der Waals surface area contributed by atoms with E-state index in [0.717, 1.165) is 50.2 Å². The molecule has 3 aliphatic heterocycles. The fourth-order valence-corrected chi connectivity index (χ4v) is 5.05. The van der Waals surface area contributed by atoms with Gasteiger partial charge >= 0.3 is 18.1 Å². The van der Waals surface area contributed by atoms with E-state index >= 15 is 0 Å². The lowest BCUT2D eigenvalue weighted by Gasteiger charge is -2.38. The summed E-state index contributed by atoms with van der Waals surface area (Å²) in [6.45, 7) is 3.89. The van der Waals surface area contributed by atoms with Gasteiger partial charge in [-0.2, -0.15) is 13.2 Å². The summed E-state index contributed by atoms with van der Waals surface area (Å²) in [7, 11) is 0. The van der Waals surface area contributed by atoms with Crippen LogP contribution in [0.3, 0.4) is 0 Å². The Kier molecular flexibility index (Phi) is 8.60. The van der Waals surface area contributed by atoms with Gasteiger partial charge in [-0.05, 0) is 39.0 Å². The molecule has 1 aromatic rings. The first kappa shape index (κ1) is 27.9. The van der Waals surface area contributed by atoms with Crippen LogP contribution in [-0.4, -0.2) is 51.2 Å². The van der Waals surface area contributed by atoms with Crippen molar-refractivity contribution in [2.45, 2.75) is 102 Å². The molecule has 1 spiro atoms. The minimum Gasteiger partial charge on any atom is -0.542 e. The van der Waals surface area contributed by atoms with Crippen LogP contribution in [0.4, 0.5) is 19.1 Å². The second-order valence-corrected chi connectivity index (χ2v) is 9.45. The fraction of sp³-hybridized carbons (Fsp3) is 0.667. The number of halogens is 3. The van der Waals surface area contributed by atoms with Crippen molar-refractivity contribution in [3.8, 4) is 0 Å². The third kappa shape index (κ3) is 6.33. The van der Waals surface area contributed by atoms with E-state index in [1.165, 1.54) is 0 Å². The first-order valence-corrected chi connectivity index (χ1v) is 12.2. The third-order valence-electron chi connectivity index (χ3n) is 6.65. The Balaban J connectivity index is 0.000000454.